The third-order valence-corrected chi connectivity index (χ3v) is 9.01. The van der Waals surface area contributed by atoms with Gasteiger partial charge in [-0.05, 0) is 100 Å². The van der Waals surface area contributed by atoms with Crippen molar-refractivity contribution in [1.82, 2.24) is 0 Å². The minimum atomic E-state index is -1.05. The minimum Gasteiger partial charge on any atom is -0.497 e. The molecule has 0 aromatic heterocycles. The molecule has 5 aromatic rings. The van der Waals surface area contributed by atoms with E-state index in [9.17, 15) is 19.5 Å². The molecule has 5 aromatic carbocycles. The standard InChI is InChI=1S/C28H30O5.2C8H10.C5H10O/c1-5-6-22(29)17-19-18-25(15-16-26(19)27(30)31)33-24-13-9-21(10-14-24)28(2,3)20-7-11-23(32-4)12-8-20;2*1-7-4-3-5-8(2)6-7;1-4(2)5(3)6/h7-16,18H,5-6,17H2,1-4H3,(H,30,31);2*3-6H,1-2H3;4H,1-3H3. The fourth-order valence-corrected chi connectivity index (χ4v) is 5.43. The molecule has 6 heteroatoms. The lowest BCUT2D eigenvalue weighted by Gasteiger charge is -2.26. The van der Waals surface area contributed by atoms with Gasteiger partial charge in [0.2, 0.25) is 0 Å². The zero-order valence-electron chi connectivity index (χ0n) is 34.7. The summed E-state index contributed by atoms with van der Waals surface area (Å²) >= 11 is 0. The van der Waals surface area contributed by atoms with E-state index < -0.39 is 5.97 Å². The number of hydrogen-bond donors (Lipinski definition) is 1. The molecular formula is C49H60O6. The molecular weight excluding hydrogens is 685 g/mol. The highest BCUT2D eigenvalue weighted by molar-refractivity contribution is 5.92. The van der Waals surface area contributed by atoms with E-state index in [2.05, 4.69) is 102 Å². The molecule has 0 heterocycles. The molecule has 0 aliphatic carbocycles. The van der Waals surface area contributed by atoms with Crippen LogP contribution in [-0.4, -0.2) is 29.8 Å². The van der Waals surface area contributed by atoms with E-state index in [1.807, 2.05) is 57.2 Å². The van der Waals surface area contributed by atoms with Gasteiger partial charge < -0.3 is 14.6 Å². The van der Waals surface area contributed by atoms with Crippen LogP contribution in [0.5, 0.6) is 17.2 Å². The molecule has 0 spiro atoms. The first-order valence-electron chi connectivity index (χ1n) is 18.8. The van der Waals surface area contributed by atoms with E-state index in [0.29, 0.717) is 23.5 Å². The lowest BCUT2D eigenvalue weighted by atomic mass is 9.78. The number of carbonyl (C=O) groups excluding carboxylic acids is 2. The quantitative estimate of drug-likeness (QED) is 0.145. The Morgan fingerprint density at radius 2 is 1.07 bits per heavy atom. The molecule has 0 aliphatic heterocycles. The van der Waals surface area contributed by atoms with Gasteiger partial charge in [-0.2, -0.15) is 0 Å². The van der Waals surface area contributed by atoms with Crippen LogP contribution in [0.15, 0.2) is 115 Å². The Balaban J connectivity index is 0.000000380. The lowest BCUT2D eigenvalue weighted by molar-refractivity contribution is -0.120. The summed E-state index contributed by atoms with van der Waals surface area (Å²) < 4.78 is 11.2. The second-order valence-electron chi connectivity index (χ2n) is 14.7. The van der Waals surface area contributed by atoms with Gasteiger partial charge in [-0.3, -0.25) is 9.59 Å². The first-order valence-corrected chi connectivity index (χ1v) is 18.8. The largest absolute Gasteiger partial charge is 0.497 e. The van der Waals surface area contributed by atoms with E-state index in [4.69, 9.17) is 9.47 Å². The molecule has 0 aliphatic rings. The van der Waals surface area contributed by atoms with Gasteiger partial charge in [-0.15, -0.1) is 0 Å². The first-order chi connectivity index (χ1) is 26.0. The number of hydrogen-bond acceptors (Lipinski definition) is 5. The summed E-state index contributed by atoms with van der Waals surface area (Å²) in [5.41, 5.74) is 8.04. The van der Waals surface area contributed by atoms with Crippen LogP contribution in [0.3, 0.4) is 0 Å². The van der Waals surface area contributed by atoms with Gasteiger partial charge in [0.1, 0.15) is 28.8 Å². The summed E-state index contributed by atoms with van der Waals surface area (Å²) in [5, 5.41) is 9.46. The van der Waals surface area contributed by atoms with Crippen molar-refractivity contribution in [3.8, 4) is 17.2 Å². The third-order valence-electron chi connectivity index (χ3n) is 9.01. The molecule has 0 amide bonds. The van der Waals surface area contributed by atoms with Gasteiger partial charge in [0.25, 0.3) is 0 Å². The van der Waals surface area contributed by atoms with Gasteiger partial charge in [-0.1, -0.05) is 130 Å². The van der Waals surface area contributed by atoms with E-state index in [1.165, 1.54) is 33.9 Å². The number of aromatic carboxylic acids is 1. The minimum absolute atomic E-state index is 0.0160. The smallest absolute Gasteiger partial charge is 0.335 e. The van der Waals surface area contributed by atoms with Crippen molar-refractivity contribution in [3.63, 3.8) is 0 Å². The molecule has 0 atom stereocenters. The van der Waals surface area contributed by atoms with Crippen LogP contribution in [0.25, 0.3) is 0 Å². The number of aryl methyl sites for hydroxylation is 4. The number of rotatable bonds is 11. The average molecular weight is 745 g/mol. The summed E-state index contributed by atoms with van der Waals surface area (Å²) in [5.74, 6) is 1.40. The second-order valence-corrected chi connectivity index (χ2v) is 14.7. The molecule has 292 valence electrons. The van der Waals surface area contributed by atoms with E-state index in [-0.39, 0.29) is 34.9 Å². The first kappa shape index (κ1) is 45.7. The molecule has 0 radical (unpaired) electrons. The highest BCUT2D eigenvalue weighted by atomic mass is 16.5. The summed E-state index contributed by atoms with van der Waals surface area (Å²) in [4.78, 5) is 33.8. The van der Waals surface area contributed by atoms with Gasteiger partial charge in [0.05, 0.1) is 12.7 Å². The Kier molecular flexibility index (Phi) is 18.8. The van der Waals surface area contributed by atoms with Crippen LogP contribution in [-0.2, 0) is 21.4 Å². The molecule has 0 bridgehead atoms. The number of methoxy groups -OCH3 is 1. The highest BCUT2D eigenvalue weighted by Crippen LogP contribution is 2.34. The predicted octanol–water partition coefficient (Wildman–Crippen LogP) is 12.3. The fraction of sp³-hybridized carbons (Fsp3) is 0.327. The molecule has 0 saturated carbocycles. The second kappa shape index (κ2) is 22.7. The SMILES string of the molecule is CC(=O)C(C)C.CCCC(=O)Cc1cc(Oc2ccc(C(C)(C)c3ccc(OC)cc3)cc2)ccc1C(=O)O.Cc1cccc(C)c1.Cc1cccc(C)c1. The van der Waals surface area contributed by atoms with Crippen molar-refractivity contribution >= 4 is 17.5 Å². The molecule has 1 N–H and O–H groups in total. The number of carboxylic acids is 1. The summed E-state index contributed by atoms with van der Waals surface area (Å²) in [6, 6.07) is 37.5. The fourth-order valence-electron chi connectivity index (χ4n) is 5.43. The topological polar surface area (TPSA) is 89.9 Å². The number of benzene rings is 5. The summed E-state index contributed by atoms with van der Waals surface area (Å²) in [7, 11) is 1.65. The van der Waals surface area contributed by atoms with Crippen LogP contribution >= 0.6 is 0 Å². The normalized spacial score (nSPS) is 10.4. The van der Waals surface area contributed by atoms with Crippen LogP contribution < -0.4 is 9.47 Å². The van der Waals surface area contributed by atoms with Gasteiger partial charge >= 0.3 is 5.97 Å². The maximum absolute atomic E-state index is 12.1. The molecule has 55 heavy (non-hydrogen) atoms. The van der Waals surface area contributed by atoms with Gasteiger partial charge in [-0.25, -0.2) is 4.79 Å². The van der Waals surface area contributed by atoms with Gasteiger partial charge in [0, 0.05) is 24.2 Å². The molecule has 0 fully saturated rings. The number of carboxylic acid groups (broad SMARTS) is 1. The maximum Gasteiger partial charge on any atom is 0.335 e. The third kappa shape index (κ3) is 16.2. The lowest BCUT2D eigenvalue weighted by Crippen LogP contribution is -2.18. The van der Waals surface area contributed by atoms with Crippen LogP contribution in [0, 0.1) is 33.6 Å². The van der Waals surface area contributed by atoms with E-state index in [0.717, 1.165) is 17.7 Å². The van der Waals surface area contributed by atoms with Gasteiger partial charge in [0.15, 0.2) is 0 Å². The average Bonchev–Trinajstić information content (AvgIpc) is 3.12. The molecule has 6 nitrogen and oxygen atoms in total. The number of ether oxygens (including phenoxy) is 2. The Hall–Kier alpha value is -5.49. The van der Waals surface area contributed by atoms with Crippen molar-refractivity contribution in [3.05, 3.63) is 160 Å². The Morgan fingerprint density at radius 1 is 0.655 bits per heavy atom. The number of ketones is 2. The van der Waals surface area contributed by atoms with Crippen molar-refractivity contribution in [1.29, 1.82) is 0 Å². The highest BCUT2D eigenvalue weighted by Gasteiger charge is 2.23. The van der Waals surface area contributed by atoms with E-state index >= 15 is 0 Å². The molecule has 0 unspecified atom stereocenters. The maximum atomic E-state index is 12.1. The Bertz CT molecular complexity index is 1880. The monoisotopic (exact) mass is 744 g/mol. The molecule has 5 rings (SSSR count). The van der Waals surface area contributed by atoms with Crippen LogP contribution in [0.4, 0.5) is 0 Å². The number of Topliss-reactive ketones (excluding diaryl/α,β-unsaturated/α-hetero) is 2. The summed E-state index contributed by atoms with van der Waals surface area (Å²) in [6.45, 7) is 20.0. The Morgan fingerprint density at radius 3 is 1.42 bits per heavy atom. The van der Waals surface area contributed by atoms with Crippen molar-refractivity contribution in [2.24, 2.45) is 5.92 Å². The molecule has 0 saturated heterocycles. The van der Waals surface area contributed by atoms with Crippen molar-refractivity contribution < 1.29 is 29.0 Å². The van der Waals surface area contributed by atoms with Crippen LogP contribution in [0.1, 0.15) is 104 Å². The predicted molar refractivity (Wildman–Crippen MR) is 226 cm³/mol. The zero-order valence-corrected chi connectivity index (χ0v) is 34.7. The van der Waals surface area contributed by atoms with Crippen molar-refractivity contribution in [2.75, 3.05) is 7.11 Å². The zero-order chi connectivity index (χ0) is 41.1. The van der Waals surface area contributed by atoms with Crippen LogP contribution in [0.2, 0.25) is 0 Å². The summed E-state index contributed by atoms with van der Waals surface area (Å²) in [6.07, 6.45) is 1.24. The van der Waals surface area contributed by atoms with E-state index in [1.54, 1.807) is 26.2 Å². The number of carbonyl (C=O) groups is 3. The van der Waals surface area contributed by atoms with Crippen molar-refractivity contribution in [2.45, 2.75) is 93.9 Å². The Labute approximate surface area is 329 Å².